The summed E-state index contributed by atoms with van der Waals surface area (Å²) in [6.45, 7) is 4.74. The highest BCUT2D eigenvalue weighted by atomic mass is 32.1. The van der Waals surface area contributed by atoms with E-state index in [4.69, 9.17) is 0 Å². The molecule has 1 heterocycles. The molecule has 0 saturated heterocycles. The lowest BCUT2D eigenvalue weighted by molar-refractivity contribution is 0.229. The van der Waals surface area contributed by atoms with Crippen LogP contribution in [0.1, 0.15) is 63.3 Å². The second kappa shape index (κ2) is 4.23. The van der Waals surface area contributed by atoms with Crippen LogP contribution in [0.4, 0.5) is 5.13 Å². The van der Waals surface area contributed by atoms with Crippen LogP contribution in [0.5, 0.6) is 0 Å². The Morgan fingerprint density at radius 1 is 1.24 bits per heavy atom. The van der Waals surface area contributed by atoms with E-state index in [2.05, 4.69) is 29.4 Å². The summed E-state index contributed by atoms with van der Waals surface area (Å²) in [5.74, 6) is 0.728. The van der Waals surface area contributed by atoms with Crippen LogP contribution in [0.2, 0.25) is 0 Å². The van der Waals surface area contributed by atoms with Crippen LogP contribution in [-0.4, -0.2) is 16.2 Å². The average molecular weight is 251 g/mol. The fourth-order valence-corrected chi connectivity index (χ4v) is 3.77. The van der Waals surface area contributed by atoms with E-state index in [1.807, 2.05) is 0 Å². The molecule has 3 nitrogen and oxygen atoms in total. The molecule has 0 spiro atoms. The molecular formula is C13H21N3S. The summed E-state index contributed by atoms with van der Waals surface area (Å²) in [6.07, 6.45) is 7.84. The molecule has 2 fully saturated rings. The maximum absolute atomic E-state index is 4.29. The SMILES string of the molecule is CC1(C)CCCC(Nc2nnc(C3CC3)s2)C1. The molecule has 94 valence electrons. The lowest BCUT2D eigenvalue weighted by atomic mass is 9.75. The lowest BCUT2D eigenvalue weighted by Crippen LogP contribution is -2.31. The van der Waals surface area contributed by atoms with Gasteiger partial charge in [-0.2, -0.15) is 0 Å². The number of nitrogens with zero attached hydrogens (tertiary/aromatic N) is 2. The number of rotatable bonds is 3. The average Bonchev–Trinajstić information content (AvgIpc) is 2.99. The Kier molecular flexibility index (Phi) is 2.85. The molecule has 0 aromatic carbocycles. The van der Waals surface area contributed by atoms with Crippen molar-refractivity contribution in [1.82, 2.24) is 10.2 Å². The maximum Gasteiger partial charge on any atom is 0.205 e. The predicted molar refractivity (Wildman–Crippen MR) is 71.5 cm³/mol. The van der Waals surface area contributed by atoms with Crippen molar-refractivity contribution in [3.63, 3.8) is 0 Å². The Morgan fingerprint density at radius 2 is 2.06 bits per heavy atom. The van der Waals surface area contributed by atoms with Crippen LogP contribution in [0.25, 0.3) is 0 Å². The summed E-state index contributed by atoms with van der Waals surface area (Å²) >= 11 is 1.76. The van der Waals surface area contributed by atoms with Crippen molar-refractivity contribution in [3.8, 4) is 0 Å². The van der Waals surface area contributed by atoms with Gasteiger partial charge in [0.1, 0.15) is 5.01 Å². The number of hydrogen-bond acceptors (Lipinski definition) is 4. The number of hydrogen-bond donors (Lipinski definition) is 1. The van der Waals surface area contributed by atoms with Crippen LogP contribution in [-0.2, 0) is 0 Å². The molecule has 0 bridgehead atoms. The monoisotopic (exact) mass is 251 g/mol. The van der Waals surface area contributed by atoms with Crippen molar-refractivity contribution in [1.29, 1.82) is 0 Å². The number of aromatic nitrogens is 2. The zero-order valence-corrected chi connectivity index (χ0v) is 11.5. The smallest absolute Gasteiger partial charge is 0.205 e. The largest absolute Gasteiger partial charge is 0.357 e. The first-order valence-electron chi connectivity index (χ1n) is 6.72. The van der Waals surface area contributed by atoms with E-state index in [9.17, 15) is 0 Å². The molecular weight excluding hydrogens is 230 g/mol. The molecule has 3 rings (SSSR count). The minimum absolute atomic E-state index is 0.486. The van der Waals surface area contributed by atoms with E-state index in [1.165, 1.54) is 43.5 Å². The van der Waals surface area contributed by atoms with Gasteiger partial charge in [-0.25, -0.2) is 0 Å². The van der Waals surface area contributed by atoms with Gasteiger partial charge in [-0.15, -0.1) is 10.2 Å². The van der Waals surface area contributed by atoms with Crippen LogP contribution in [0.15, 0.2) is 0 Å². The Labute approximate surface area is 107 Å². The molecule has 2 saturated carbocycles. The molecule has 2 aliphatic carbocycles. The third-order valence-corrected chi connectivity index (χ3v) is 4.92. The quantitative estimate of drug-likeness (QED) is 0.888. The van der Waals surface area contributed by atoms with Crippen LogP contribution in [0.3, 0.4) is 0 Å². The highest BCUT2D eigenvalue weighted by Gasteiger charge is 2.30. The third kappa shape index (κ3) is 2.79. The standard InChI is InChI=1S/C13H21N3S/c1-13(2)7-3-4-10(8-13)14-12-16-15-11(17-12)9-5-6-9/h9-10H,3-8H2,1-2H3,(H,14,16). The van der Waals surface area contributed by atoms with E-state index in [0.29, 0.717) is 11.5 Å². The van der Waals surface area contributed by atoms with E-state index >= 15 is 0 Å². The fourth-order valence-electron chi connectivity index (χ4n) is 2.78. The number of anilines is 1. The Morgan fingerprint density at radius 3 is 2.76 bits per heavy atom. The fraction of sp³-hybridized carbons (Fsp3) is 0.846. The molecule has 1 aromatic rings. The molecule has 1 N–H and O–H groups in total. The minimum atomic E-state index is 0.486. The molecule has 1 aromatic heterocycles. The highest BCUT2D eigenvalue weighted by Crippen LogP contribution is 2.42. The van der Waals surface area contributed by atoms with Crippen molar-refractivity contribution in [2.24, 2.45) is 5.41 Å². The topological polar surface area (TPSA) is 37.8 Å². The van der Waals surface area contributed by atoms with E-state index in [0.717, 1.165) is 11.0 Å². The van der Waals surface area contributed by atoms with Gasteiger partial charge in [-0.1, -0.05) is 31.6 Å². The zero-order valence-electron chi connectivity index (χ0n) is 10.7. The Hall–Kier alpha value is -0.640. The zero-order chi connectivity index (χ0) is 11.9. The first-order chi connectivity index (χ1) is 8.12. The van der Waals surface area contributed by atoms with E-state index in [1.54, 1.807) is 11.3 Å². The summed E-state index contributed by atoms with van der Waals surface area (Å²) in [6, 6.07) is 0.596. The van der Waals surface area contributed by atoms with Gasteiger partial charge in [0.2, 0.25) is 5.13 Å². The molecule has 1 atom stereocenters. The van der Waals surface area contributed by atoms with Crippen LogP contribution in [0, 0.1) is 5.41 Å². The van der Waals surface area contributed by atoms with Gasteiger partial charge in [0, 0.05) is 12.0 Å². The van der Waals surface area contributed by atoms with Crippen LogP contribution >= 0.6 is 11.3 Å². The minimum Gasteiger partial charge on any atom is -0.357 e. The number of nitrogens with one attached hydrogen (secondary N) is 1. The highest BCUT2D eigenvalue weighted by molar-refractivity contribution is 7.15. The van der Waals surface area contributed by atoms with Crippen LogP contribution < -0.4 is 5.32 Å². The molecule has 4 heteroatoms. The van der Waals surface area contributed by atoms with Crippen molar-refractivity contribution < 1.29 is 0 Å². The molecule has 1 unspecified atom stereocenters. The second-order valence-electron chi connectivity index (χ2n) is 6.32. The van der Waals surface area contributed by atoms with Crippen molar-refractivity contribution in [3.05, 3.63) is 5.01 Å². The first-order valence-corrected chi connectivity index (χ1v) is 7.54. The first kappa shape index (κ1) is 11.5. The van der Waals surface area contributed by atoms with Crippen molar-refractivity contribution in [2.45, 2.75) is 64.3 Å². The normalized spacial score (nSPS) is 28.0. The Balaban J connectivity index is 1.61. The third-order valence-electron chi connectivity index (χ3n) is 3.90. The van der Waals surface area contributed by atoms with Gasteiger partial charge in [0.05, 0.1) is 0 Å². The van der Waals surface area contributed by atoms with Crippen molar-refractivity contribution in [2.75, 3.05) is 5.32 Å². The second-order valence-corrected chi connectivity index (χ2v) is 7.33. The van der Waals surface area contributed by atoms with E-state index in [-0.39, 0.29) is 0 Å². The van der Waals surface area contributed by atoms with Crippen molar-refractivity contribution >= 4 is 16.5 Å². The molecule has 0 aliphatic heterocycles. The summed E-state index contributed by atoms with van der Waals surface area (Å²) in [5, 5.41) is 14.4. The van der Waals surface area contributed by atoms with E-state index < -0.39 is 0 Å². The Bertz CT molecular complexity index is 395. The van der Waals surface area contributed by atoms with Gasteiger partial charge in [0.25, 0.3) is 0 Å². The van der Waals surface area contributed by atoms with Gasteiger partial charge in [0.15, 0.2) is 0 Å². The molecule has 17 heavy (non-hydrogen) atoms. The summed E-state index contributed by atoms with van der Waals surface area (Å²) in [5.41, 5.74) is 0.486. The summed E-state index contributed by atoms with van der Waals surface area (Å²) in [7, 11) is 0. The van der Waals surface area contributed by atoms with Gasteiger partial charge < -0.3 is 5.32 Å². The summed E-state index contributed by atoms with van der Waals surface area (Å²) in [4.78, 5) is 0. The predicted octanol–water partition coefficient (Wildman–Crippen LogP) is 3.80. The maximum atomic E-state index is 4.29. The lowest BCUT2D eigenvalue weighted by Gasteiger charge is -2.35. The van der Waals surface area contributed by atoms with Gasteiger partial charge in [-0.3, -0.25) is 0 Å². The van der Waals surface area contributed by atoms with Gasteiger partial charge >= 0.3 is 0 Å². The van der Waals surface area contributed by atoms with Gasteiger partial charge in [-0.05, 0) is 37.5 Å². The molecule has 0 amide bonds. The summed E-state index contributed by atoms with van der Waals surface area (Å²) < 4.78 is 0. The molecule has 0 radical (unpaired) electrons. The molecule has 2 aliphatic rings.